The van der Waals surface area contributed by atoms with Gasteiger partial charge in [0.2, 0.25) is 11.1 Å². The fourth-order valence-corrected chi connectivity index (χ4v) is 2.22. The normalized spacial score (nSPS) is 13.2. The Morgan fingerprint density at radius 3 is 2.43 bits per heavy atom. The summed E-state index contributed by atoms with van der Waals surface area (Å²) in [5.41, 5.74) is 4.97. The van der Waals surface area contributed by atoms with Crippen molar-refractivity contribution in [1.82, 2.24) is 0 Å². The third kappa shape index (κ3) is 4.97. The number of hydrogen-bond donors (Lipinski definition) is 3. The summed E-state index contributed by atoms with van der Waals surface area (Å²) in [4.78, 5) is 32.7. The molecule has 21 heavy (non-hydrogen) atoms. The van der Waals surface area contributed by atoms with E-state index in [2.05, 4.69) is 4.18 Å². The number of aromatic carboxylic acids is 1. The second-order valence-corrected chi connectivity index (χ2v) is 5.05. The Morgan fingerprint density at radius 2 is 1.86 bits per heavy atom. The molecule has 1 aromatic rings. The van der Waals surface area contributed by atoms with Gasteiger partial charge in [-0.1, -0.05) is 12.1 Å². The van der Waals surface area contributed by atoms with Crippen LogP contribution in [0.4, 0.5) is 0 Å². The fraction of sp³-hybridized carbons (Fsp3) is 0.250. The van der Waals surface area contributed by atoms with Gasteiger partial charge in [-0.05, 0) is 18.6 Å². The molecule has 0 radical (unpaired) electrons. The van der Waals surface area contributed by atoms with E-state index in [1.54, 1.807) is 0 Å². The Bertz CT molecular complexity index is 587. The average Bonchev–Trinajstić information content (AvgIpc) is 2.44. The summed E-state index contributed by atoms with van der Waals surface area (Å²) in [6, 6.07) is 4.16. The Hall–Kier alpha value is -2.26. The third-order valence-electron chi connectivity index (χ3n) is 2.44. The molecule has 0 aromatic heterocycles. The lowest BCUT2D eigenvalue weighted by atomic mass is 10.2. The van der Waals surface area contributed by atoms with Gasteiger partial charge in [0, 0.05) is 6.42 Å². The topological polar surface area (TPSA) is 144 Å². The van der Waals surface area contributed by atoms with Crippen LogP contribution in [0.3, 0.4) is 0 Å². The van der Waals surface area contributed by atoms with Crippen LogP contribution < -0.4 is 5.73 Å². The first-order valence-corrected chi connectivity index (χ1v) is 6.84. The van der Waals surface area contributed by atoms with Gasteiger partial charge in [0.15, 0.2) is 0 Å². The van der Waals surface area contributed by atoms with E-state index >= 15 is 0 Å². The SMILES string of the molecule is N[C@@H](CCC(=O)OS(=O)c1ccccc1C(=O)O)C(=O)O. The van der Waals surface area contributed by atoms with Crippen LogP contribution in [0.5, 0.6) is 0 Å². The summed E-state index contributed by atoms with van der Waals surface area (Å²) >= 11 is -2.29. The van der Waals surface area contributed by atoms with Crippen molar-refractivity contribution in [2.45, 2.75) is 23.8 Å². The molecule has 0 amide bonds. The zero-order valence-corrected chi connectivity index (χ0v) is 11.5. The molecule has 0 aliphatic rings. The summed E-state index contributed by atoms with van der Waals surface area (Å²) in [7, 11) is 0. The highest BCUT2D eigenvalue weighted by molar-refractivity contribution is 7.80. The van der Waals surface area contributed by atoms with Gasteiger partial charge in [-0.3, -0.25) is 9.59 Å². The van der Waals surface area contributed by atoms with Crippen molar-refractivity contribution in [3.8, 4) is 0 Å². The molecule has 114 valence electrons. The van der Waals surface area contributed by atoms with E-state index in [0.29, 0.717) is 0 Å². The van der Waals surface area contributed by atoms with Gasteiger partial charge in [0.25, 0.3) is 0 Å². The Labute approximate surface area is 122 Å². The van der Waals surface area contributed by atoms with Gasteiger partial charge in [-0.2, -0.15) is 0 Å². The number of benzene rings is 1. The zero-order valence-electron chi connectivity index (χ0n) is 10.7. The first-order valence-electron chi connectivity index (χ1n) is 5.76. The van der Waals surface area contributed by atoms with Crippen LogP contribution >= 0.6 is 0 Å². The van der Waals surface area contributed by atoms with Gasteiger partial charge >= 0.3 is 17.9 Å². The summed E-state index contributed by atoms with van der Waals surface area (Å²) in [5, 5.41) is 17.5. The number of carbonyl (C=O) groups is 3. The van der Waals surface area contributed by atoms with Crippen molar-refractivity contribution in [3.63, 3.8) is 0 Å². The van der Waals surface area contributed by atoms with Gasteiger partial charge in [0.1, 0.15) is 6.04 Å². The molecule has 0 saturated carbocycles. The number of hydrogen-bond acceptors (Lipinski definition) is 6. The van der Waals surface area contributed by atoms with Crippen molar-refractivity contribution in [2.24, 2.45) is 5.73 Å². The molecule has 1 rings (SSSR count). The van der Waals surface area contributed by atoms with Gasteiger partial charge < -0.3 is 20.1 Å². The molecule has 1 unspecified atom stereocenters. The molecule has 0 aliphatic heterocycles. The van der Waals surface area contributed by atoms with Crippen molar-refractivity contribution in [1.29, 1.82) is 0 Å². The number of rotatable bonds is 7. The first kappa shape index (κ1) is 16.8. The Morgan fingerprint density at radius 1 is 1.24 bits per heavy atom. The first-order chi connectivity index (χ1) is 9.82. The van der Waals surface area contributed by atoms with Crippen LogP contribution in [0.15, 0.2) is 29.2 Å². The maximum atomic E-state index is 11.8. The molecule has 2 atom stereocenters. The minimum Gasteiger partial charge on any atom is -0.480 e. The van der Waals surface area contributed by atoms with Crippen molar-refractivity contribution in [3.05, 3.63) is 29.8 Å². The molecular formula is C12H13NO7S. The maximum Gasteiger partial charge on any atom is 0.337 e. The number of carbonyl (C=O) groups excluding carboxylic acids is 1. The zero-order chi connectivity index (χ0) is 16.0. The van der Waals surface area contributed by atoms with E-state index in [4.69, 9.17) is 15.9 Å². The van der Waals surface area contributed by atoms with E-state index in [9.17, 15) is 18.6 Å². The monoisotopic (exact) mass is 315 g/mol. The number of carboxylic acid groups (broad SMARTS) is 2. The summed E-state index contributed by atoms with van der Waals surface area (Å²) < 4.78 is 16.4. The Kier molecular flexibility index (Phi) is 6.00. The van der Waals surface area contributed by atoms with Crippen LogP contribution in [0, 0.1) is 0 Å². The smallest absolute Gasteiger partial charge is 0.337 e. The van der Waals surface area contributed by atoms with Crippen LogP contribution in [-0.4, -0.2) is 38.4 Å². The third-order valence-corrected chi connectivity index (χ3v) is 3.49. The van der Waals surface area contributed by atoms with E-state index < -0.39 is 35.0 Å². The lowest BCUT2D eigenvalue weighted by Gasteiger charge is -2.07. The maximum absolute atomic E-state index is 11.8. The van der Waals surface area contributed by atoms with E-state index in [-0.39, 0.29) is 23.3 Å². The lowest BCUT2D eigenvalue weighted by molar-refractivity contribution is -0.139. The summed E-state index contributed by atoms with van der Waals surface area (Å²) in [6.07, 6.45) is -0.514. The van der Waals surface area contributed by atoms with Gasteiger partial charge in [-0.25, -0.2) is 9.00 Å². The predicted molar refractivity (Wildman–Crippen MR) is 70.7 cm³/mol. The molecule has 0 saturated heterocycles. The molecule has 4 N–H and O–H groups in total. The van der Waals surface area contributed by atoms with E-state index in [0.717, 1.165) is 0 Å². The molecule has 1 aromatic carbocycles. The van der Waals surface area contributed by atoms with Crippen LogP contribution in [0.25, 0.3) is 0 Å². The lowest BCUT2D eigenvalue weighted by Crippen LogP contribution is -2.30. The largest absolute Gasteiger partial charge is 0.480 e. The van der Waals surface area contributed by atoms with Crippen molar-refractivity contribution < 1.29 is 33.0 Å². The molecule has 0 bridgehead atoms. The standard InChI is InChI=1S/C12H13NO7S/c13-8(12(17)18)5-6-10(14)20-21(19)9-4-2-1-3-7(9)11(15)16/h1-4,8H,5-6,13H2,(H,15,16)(H,17,18)/t8-,21?/m0/s1. The number of aliphatic carboxylic acids is 1. The molecule has 8 nitrogen and oxygen atoms in total. The minimum absolute atomic E-state index is 0.152. The molecule has 0 fully saturated rings. The van der Waals surface area contributed by atoms with E-state index in [1.807, 2.05) is 0 Å². The molecule has 0 aliphatic carbocycles. The van der Waals surface area contributed by atoms with Crippen molar-refractivity contribution >= 4 is 29.0 Å². The minimum atomic E-state index is -2.29. The molecule has 9 heteroatoms. The average molecular weight is 315 g/mol. The number of carboxylic acids is 2. The van der Waals surface area contributed by atoms with E-state index in [1.165, 1.54) is 24.3 Å². The molecular weight excluding hydrogens is 302 g/mol. The quantitative estimate of drug-likeness (QED) is 0.644. The van der Waals surface area contributed by atoms with Crippen LogP contribution in [0.1, 0.15) is 23.2 Å². The second-order valence-electron chi connectivity index (χ2n) is 3.97. The Balaban J connectivity index is 2.67. The highest BCUT2D eigenvalue weighted by Gasteiger charge is 2.20. The second kappa shape index (κ2) is 7.50. The molecule has 0 heterocycles. The predicted octanol–water partition coefficient (Wildman–Crippen LogP) is 0.143. The van der Waals surface area contributed by atoms with Gasteiger partial charge in [-0.15, -0.1) is 0 Å². The highest BCUT2D eigenvalue weighted by atomic mass is 32.2. The van der Waals surface area contributed by atoms with Crippen LogP contribution in [-0.2, 0) is 24.9 Å². The van der Waals surface area contributed by atoms with Gasteiger partial charge in [0.05, 0.1) is 10.5 Å². The molecule has 0 spiro atoms. The number of nitrogens with two attached hydrogens (primary N) is 1. The fourth-order valence-electron chi connectivity index (χ4n) is 1.36. The highest BCUT2D eigenvalue weighted by Crippen LogP contribution is 2.15. The summed E-state index contributed by atoms with van der Waals surface area (Å²) in [6.45, 7) is 0. The van der Waals surface area contributed by atoms with Crippen molar-refractivity contribution in [2.75, 3.05) is 0 Å². The summed E-state index contributed by atoms with van der Waals surface area (Å²) in [5.74, 6) is -3.49. The van der Waals surface area contributed by atoms with Crippen LogP contribution in [0.2, 0.25) is 0 Å².